The lowest BCUT2D eigenvalue weighted by Crippen LogP contribution is -2.42. The standard InChI is InChI=1S/C29H29FN2O3S2/c1-21(17-23-9-5-8-22-7-3-4-12-28(22)23)19-31-29(33)20-32(25-11-6-10-24(30)18-25)37(34,35)27-15-13-26(36-2)14-16-27/h3-16,18,21H,17,19-20H2,1-2H3,(H,31,33). The number of rotatable bonds is 10. The fourth-order valence-electron chi connectivity index (χ4n) is 4.21. The molecule has 5 nitrogen and oxygen atoms in total. The third kappa shape index (κ3) is 6.50. The van der Waals surface area contributed by atoms with Crippen molar-refractivity contribution in [3.63, 3.8) is 0 Å². The second kappa shape index (κ2) is 11.8. The third-order valence-electron chi connectivity index (χ3n) is 6.13. The first-order valence-corrected chi connectivity index (χ1v) is 14.6. The molecule has 4 rings (SSSR count). The highest BCUT2D eigenvalue weighted by Crippen LogP contribution is 2.26. The van der Waals surface area contributed by atoms with Gasteiger partial charge < -0.3 is 5.32 Å². The van der Waals surface area contributed by atoms with Gasteiger partial charge in [0.15, 0.2) is 0 Å². The number of nitrogens with zero attached hydrogens (tertiary/aromatic N) is 1. The van der Waals surface area contributed by atoms with E-state index >= 15 is 0 Å². The summed E-state index contributed by atoms with van der Waals surface area (Å²) in [5.41, 5.74) is 1.28. The molecule has 0 aliphatic rings. The van der Waals surface area contributed by atoms with E-state index in [1.807, 2.05) is 31.4 Å². The van der Waals surface area contributed by atoms with Crippen molar-refractivity contribution >= 4 is 44.2 Å². The predicted molar refractivity (Wildman–Crippen MR) is 149 cm³/mol. The lowest BCUT2D eigenvalue weighted by Gasteiger charge is -2.24. The van der Waals surface area contributed by atoms with E-state index in [1.54, 1.807) is 12.1 Å². The zero-order chi connectivity index (χ0) is 26.4. The highest BCUT2D eigenvalue weighted by Gasteiger charge is 2.27. The van der Waals surface area contributed by atoms with Crippen LogP contribution >= 0.6 is 11.8 Å². The zero-order valence-electron chi connectivity index (χ0n) is 20.7. The number of sulfonamides is 1. The normalized spacial score (nSPS) is 12.3. The van der Waals surface area contributed by atoms with Crippen LogP contribution in [-0.2, 0) is 21.2 Å². The Morgan fingerprint density at radius 3 is 2.41 bits per heavy atom. The van der Waals surface area contributed by atoms with Gasteiger partial charge >= 0.3 is 0 Å². The minimum Gasteiger partial charge on any atom is -0.354 e. The molecule has 4 aromatic carbocycles. The molecule has 1 N–H and O–H groups in total. The molecule has 0 saturated heterocycles. The molecular formula is C29H29FN2O3S2. The van der Waals surface area contributed by atoms with Gasteiger partial charge in [-0.2, -0.15) is 0 Å². The summed E-state index contributed by atoms with van der Waals surface area (Å²) in [5.74, 6) is -0.925. The number of carbonyl (C=O) groups excluding carboxylic acids is 1. The first kappa shape index (κ1) is 26.7. The summed E-state index contributed by atoms with van der Waals surface area (Å²) in [6.45, 7) is 1.95. The number of amides is 1. The number of halogens is 1. The molecule has 0 saturated carbocycles. The largest absolute Gasteiger partial charge is 0.354 e. The van der Waals surface area contributed by atoms with E-state index in [4.69, 9.17) is 0 Å². The predicted octanol–water partition coefficient (Wildman–Crippen LogP) is 5.89. The molecule has 1 unspecified atom stereocenters. The SMILES string of the molecule is CSc1ccc(S(=O)(=O)N(CC(=O)NCC(C)Cc2cccc3ccccc23)c2cccc(F)c2)cc1. The molecule has 0 aliphatic heterocycles. The second-order valence-electron chi connectivity index (χ2n) is 8.92. The maximum absolute atomic E-state index is 14.0. The molecule has 4 aromatic rings. The van der Waals surface area contributed by atoms with Crippen molar-refractivity contribution in [2.24, 2.45) is 5.92 Å². The van der Waals surface area contributed by atoms with Crippen molar-refractivity contribution in [2.45, 2.75) is 23.1 Å². The number of anilines is 1. The van der Waals surface area contributed by atoms with Crippen molar-refractivity contribution in [1.29, 1.82) is 0 Å². The topological polar surface area (TPSA) is 66.5 Å². The van der Waals surface area contributed by atoms with Gasteiger partial charge in [-0.05, 0) is 77.4 Å². The van der Waals surface area contributed by atoms with Crippen LogP contribution in [0.2, 0.25) is 0 Å². The molecule has 192 valence electrons. The Hall–Kier alpha value is -3.36. The highest BCUT2D eigenvalue weighted by molar-refractivity contribution is 7.98. The maximum atomic E-state index is 14.0. The summed E-state index contributed by atoms with van der Waals surface area (Å²) in [6, 6.07) is 26.0. The Morgan fingerprint density at radius 1 is 0.973 bits per heavy atom. The van der Waals surface area contributed by atoms with E-state index < -0.39 is 28.3 Å². The van der Waals surface area contributed by atoms with Crippen molar-refractivity contribution < 1.29 is 17.6 Å². The van der Waals surface area contributed by atoms with Gasteiger partial charge in [0.1, 0.15) is 12.4 Å². The van der Waals surface area contributed by atoms with Crippen LogP contribution in [0.1, 0.15) is 12.5 Å². The van der Waals surface area contributed by atoms with E-state index in [1.165, 1.54) is 53.0 Å². The summed E-state index contributed by atoms with van der Waals surface area (Å²) < 4.78 is 42.0. The van der Waals surface area contributed by atoms with Gasteiger partial charge in [0, 0.05) is 11.4 Å². The van der Waals surface area contributed by atoms with E-state index in [9.17, 15) is 17.6 Å². The third-order valence-corrected chi connectivity index (χ3v) is 8.66. The average Bonchev–Trinajstić information content (AvgIpc) is 2.90. The molecule has 0 spiro atoms. The Labute approximate surface area is 221 Å². The van der Waals surface area contributed by atoms with Crippen LogP contribution in [0.15, 0.2) is 101 Å². The van der Waals surface area contributed by atoms with Crippen molar-refractivity contribution in [3.8, 4) is 0 Å². The quantitative estimate of drug-likeness (QED) is 0.257. The molecule has 0 aromatic heterocycles. The first-order chi connectivity index (χ1) is 17.8. The Morgan fingerprint density at radius 2 is 1.68 bits per heavy atom. The van der Waals surface area contributed by atoms with Gasteiger partial charge in [0.25, 0.3) is 10.0 Å². The molecule has 1 atom stereocenters. The Kier molecular flexibility index (Phi) is 8.51. The van der Waals surface area contributed by atoms with E-state index in [-0.39, 0.29) is 16.5 Å². The van der Waals surface area contributed by atoms with E-state index in [0.29, 0.717) is 6.54 Å². The average molecular weight is 537 g/mol. The number of hydrogen-bond acceptors (Lipinski definition) is 4. The molecule has 0 heterocycles. The van der Waals surface area contributed by atoms with E-state index in [2.05, 4.69) is 29.6 Å². The minimum atomic E-state index is -4.11. The summed E-state index contributed by atoms with van der Waals surface area (Å²) in [7, 11) is -4.11. The lowest BCUT2D eigenvalue weighted by atomic mass is 9.96. The van der Waals surface area contributed by atoms with Crippen molar-refractivity contribution in [3.05, 3.63) is 102 Å². The summed E-state index contributed by atoms with van der Waals surface area (Å²) >= 11 is 1.49. The fraction of sp³-hybridized carbons (Fsp3) is 0.207. The molecular weight excluding hydrogens is 507 g/mol. The molecule has 0 bridgehead atoms. The van der Waals surface area contributed by atoms with Crippen LogP contribution in [0.25, 0.3) is 10.8 Å². The lowest BCUT2D eigenvalue weighted by molar-refractivity contribution is -0.119. The van der Waals surface area contributed by atoms with Crippen molar-refractivity contribution in [2.75, 3.05) is 23.7 Å². The van der Waals surface area contributed by atoms with Crippen LogP contribution in [0.4, 0.5) is 10.1 Å². The Balaban J connectivity index is 1.48. The van der Waals surface area contributed by atoms with Gasteiger partial charge in [0.2, 0.25) is 5.91 Å². The number of benzene rings is 4. The monoisotopic (exact) mass is 536 g/mol. The number of thioether (sulfide) groups is 1. The fourth-order valence-corrected chi connectivity index (χ4v) is 6.03. The number of carbonyl (C=O) groups is 1. The number of hydrogen-bond donors (Lipinski definition) is 1. The van der Waals surface area contributed by atoms with E-state index in [0.717, 1.165) is 27.1 Å². The van der Waals surface area contributed by atoms with Crippen LogP contribution in [0.5, 0.6) is 0 Å². The van der Waals surface area contributed by atoms with Crippen molar-refractivity contribution in [1.82, 2.24) is 5.32 Å². The van der Waals surface area contributed by atoms with Crippen LogP contribution < -0.4 is 9.62 Å². The summed E-state index contributed by atoms with van der Waals surface area (Å²) in [4.78, 5) is 13.9. The zero-order valence-corrected chi connectivity index (χ0v) is 22.4. The molecule has 1 amide bonds. The smallest absolute Gasteiger partial charge is 0.264 e. The molecule has 8 heteroatoms. The van der Waals surface area contributed by atoms with Gasteiger partial charge in [-0.25, -0.2) is 12.8 Å². The molecule has 0 aliphatic carbocycles. The summed E-state index contributed by atoms with van der Waals surface area (Å²) in [6.07, 6.45) is 2.66. The van der Waals surface area contributed by atoms with Gasteiger partial charge in [-0.1, -0.05) is 55.5 Å². The van der Waals surface area contributed by atoms with Crippen LogP contribution in [0, 0.1) is 11.7 Å². The highest BCUT2D eigenvalue weighted by atomic mass is 32.2. The number of nitrogens with one attached hydrogen (secondary N) is 1. The molecule has 0 radical (unpaired) electrons. The maximum Gasteiger partial charge on any atom is 0.264 e. The summed E-state index contributed by atoms with van der Waals surface area (Å²) in [5, 5.41) is 5.21. The van der Waals surface area contributed by atoms with Crippen LogP contribution in [0.3, 0.4) is 0 Å². The second-order valence-corrected chi connectivity index (χ2v) is 11.7. The Bertz CT molecular complexity index is 1490. The van der Waals surface area contributed by atoms with Crippen LogP contribution in [-0.4, -0.2) is 33.7 Å². The molecule has 0 fully saturated rings. The first-order valence-electron chi connectivity index (χ1n) is 11.9. The molecule has 37 heavy (non-hydrogen) atoms. The van der Waals surface area contributed by atoms with Gasteiger partial charge in [-0.3, -0.25) is 9.10 Å². The van der Waals surface area contributed by atoms with Gasteiger partial charge in [0.05, 0.1) is 10.6 Å². The minimum absolute atomic E-state index is 0.0340. The van der Waals surface area contributed by atoms with Gasteiger partial charge in [-0.15, -0.1) is 11.8 Å². The number of fused-ring (bicyclic) bond motifs is 1.